The Morgan fingerprint density at radius 3 is 2.47 bits per heavy atom. The third-order valence-electron chi connectivity index (χ3n) is 6.78. The van der Waals surface area contributed by atoms with Crippen LogP contribution < -0.4 is 26.6 Å². The Balaban J connectivity index is 1.64. The van der Waals surface area contributed by atoms with Crippen molar-refractivity contribution in [3.63, 3.8) is 0 Å². The summed E-state index contributed by atoms with van der Waals surface area (Å²) < 4.78 is 49.9. The number of rotatable bonds is 5. The first-order valence-electron chi connectivity index (χ1n) is 10.8. The van der Waals surface area contributed by atoms with Gasteiger partial charge in [0.15, 0.2) is 11.6 Å². The molecular weight excluding hydrogens is 453 g/mol. The maximum absolute atomic E-state index is 16.1. The van der Waals surface area contributed by atoms with E-state index in [0.29, 0.717) is 18.4 Å². The molecule has 2 aliphatic rings. The summed E-state index contributed by atoms with van der Waals surface area (Å²) in [6.07, 6.45) is -1.95. The number of fused-ring (bicyclic) bond motifs is 1. The molecule has 34 heavy (non-hydrogen) atoms. The van der Waals surface area contributed by atoms with Crippen LogP contribution in [0.3, 0.4) is 0 Å². The van der Waals surface area contributed by atoms with E-state index in [0.717, 1.165) is 0 Å². The average Bonchev–Trinajstić information content (AvgIpc) is 3.42. The highest BCUT2D eigenvalue weighted by Gasteiger charge is 2.47. The van der Waals surface area contributed by atoms with Gasteiger partial charge in [0.2, 0.25) is 0 Å². The van der Waals surface area contributed by atoms with Crippen molar-refractivity contribution in [2.75, 3.05) is 25.1 Å². The number of nitrogens with one attached hydrogen (secondary N) is 2. The maximum Gasteiger partial charge on any atom is 0.326 e. The highest BCUT2D eigenvalue weighted by atomic mass is 19.1. The molecule has 5 N–H and O–H groups in total. The Hall–Kier alpha value is -3.31. The van der Waals surface area contributed by atoms with E-state index >= 15 is 8.78 Å². The summed E-state index contributed by atoms with van der Waals surface area (Å²) >= 11 is 0. The van der Waals surface area contributed by atoms with Gasteiger partial charge in [0, 0.05) is 30.1 Å². The van der Waals surface area contributed by atoms with Crippen LogP contribution in [0, 0.1) is 17.6 Å². The van der Waals surface area contributed by atoms with Gasteiger partial charge in [-0.1, -0.05) is 12.1 Å². The number of aromatic nitrogens is 2. The molecule has 5 rings (SSSR count). The highest BCUT2D eigenvalue weighted by molar-refractivity contribution is 5.94. The van der Waals surface area contributed by atoms with Gasteiger partial charge >= 0.3 is 5.69 Å². The number of hydrogen-bond acceptors (Lipinski definition) is 6. The lowest BCUT2D eigenvalue weighted by atomic mass is 9.94. The number of ether oxygens (including phenoxy) is 1. The Morgan fingerprint density at radius 1 is 1.18 bits per heavy atom. The van der Waals surface area contributed by atoms with Gasteiger partial charge in [-0.25, -0.2) is 18.0 Å². The van der Waals surface area contributed by atoms with Gasteiger partial charge in [0.25, 0.3) is 5.56 Å². The minimum Gasteiger partial charge on any atom is -0.492 e. The van der Waals surface area contributed by atoms with Crippen molar-refractivity contribution in [2.45, 2.75) is 30.7 Å². The molecule has 2 fully saturated rings. The fourth-order valence-corrected chi connectivity index (χ4v) is 4.85. The highest BCUT2D eigenvalue weighted by Crippen LogP contribution is 2.51. The molecule has 180 valence electrons. The summed E-state index contributed by atoms with van der Waals surface area (Å²) in [6, 6.07) is 5.07. The van der Waals surface area contributed by atoms with E-state index in [-0.39, 0.29) is 41.0 Å². The topological polar surface area (TPSA) is 124 Å². The van der Waals surface area contributed by atoms with Crippen LogP contribution in [0.2, 0.25) is 0 Å². The number of nitrogens with zero attached hydrogens (tertiary/aromatic N) is 1. The summed E-state index contributed by atoms with van der Waals surface area (Å²) in [6.45, 7) is -0.366. The van der Waals surface area contributed by atoms with E-state index < -0.39 is 46.6 Å². The predicted molar refractivity (Wildman–Crippen MR) is 119 cm³/mol. The number of nitrogens with two attached hydrogens (primary N) is 1. The van der Waals surface area contributed by atoms with Crippen molar-refractivity contribution in [1.29, 1.82) is 0 Å². The molecule has 1 aromatic heterocycles. The van der Waals surface area contributed by atoms with Gasteiger partial charge in [0.1, 0.15) is 23.2 Å². The number of methoxy groups -OCH3 is 1. The zero-order valence-corrected chi connectivity index (χ0v) is 18.2. The number of H-pyrrole nitrogens is 2. The summed E-state index contributed by atoms with van der Waals surface area (Å²) in [5.41, 5.74) is 3.69. The third kappa shape index (κ3) is 3.46. The number of benzene rings is 2. The number of halogens is 3. The van der Waals surface area contributed by atoms with E-state index in [2.05, 4.69) is 9.97 Å². The van der Waals surface area contributed by atoms with Crippen molar-refractivity contribution in [3.8, 4) is 5.75 Å². The molecule has 0 radical (unpaired) electrons. The molecule has 1 saturated heterocycles. The second-order valence-electron chi connectivity index (χ2n) is 8.97. The molecule has 3 atom stereocenters. The first kappa shape index (κ1) is 22.5. The van der Waals surface area contributed by atoms with Gasteiger partial charge in [-0.2, -0.15) is 0 Å². The Kier molecular flexibility index (Phi) is 5.21. The second kappa shape index (κ2) is 7.88. The molecule has 3 unspecified atom stereocenters. The van der Waals surface area contributed by atoms with Crippen LogP contribution in [0.4, 0.5) is 18.9 Å². The predicted octanol–water partition coefficient (Wildman–Crippen LogP) is 1.96. The van der Waals surface area contributed by atoms with Gasteiger partial charge < -0.3 is 25.5 Å². The second-order valence-corrected chi connectivity index (χ2v) is 8.97. The van der Waals surface area contributed by atoms with Gasteiger partial charge in [-0.05, 0) is 30.5 Å². The van der Waals surface area contributed by atoms with E-state index in [1.54, 1.807) is 0 Å². The van der Waals surface area contributed by atoms with Crippen LogP contribution in [-0.4, -0.2) is 41.4 Å². The molecule has 0 bridgehead atoms. The van der Waals surface area contributed by atoms with Crippen LogP contribution >= 0.6 is 0 Å². The molecule has 2 heterocycles. The van der Waals surface area contributed by atoms with Crippen LogP contribution in [-0.2, 0) is 5.54 Å². The fraction of sp³-hybridized carbons (Fsp3) is 0.391. The number of aliphatic hydroxyl groups excluding tert-OH is 1. The minimum absolute atomic E-state index is 0.0303. The summed E-state index contributed by atoms with van der Waals surface area (Å²) in [7, 11) is 1.25. The first-order valence-corrected chi connectivity index (χ1v) is 10.8. The molecule has 8 nitrogen and oxygen atoms in total. The fourth-order valence-electron chi connectivity index (χ4n) is 4.85. The molecule has 11 heteroatoms. The molecule has 0 amide bonds. The van der Waals surface area contributed by atoms with Crippen molar-refractivity contribution in [2.24, 2.45) is 11.7 Å². The lowest BCUT2D eigenvalue weighted by Gasteiger charge is -2.26. The van der Waals surface area contributed by atoms with Crippen LogP contribution in [0.15, 0.2) is 33.9 Å². The van der Waals surface area contributed by atoms with Crippen LogP contribution in [0.5, 0.6) is 5.75 Å². The summed E-state index contributed by atoms with van der Waals surface area (Å²) in [5, 5.41) is 10.6. The Morgan fingerprint density at radius 2 is 1.85 bits per heavy atom. The number of anilines is 1. The molecule has 3 aromatic rings. The van der Waals surface area contributed by atoms with Gasteiger partial charge in [-0.15, -0.1) is 0 Å². The quantitative estimate of drug-likeness (QED) is 0.446. The van der Waals surface area contributed by atoms with Crippen molar-refractivity contribution >= 4 is 16.6 Å². The minimum atomic E-state index is -1.55. The zero-order chi connectivity index (χ0) is 24.4. The largest absolute Gasteiger partial charge is 0.492 e. The lowest BCUT2D eigenvalue weighted by molar-refractivity contribution is 0.0799. The molecule has 0 spiro atoms. The number of alkyl halides is 1. The lowest BCUT2D eigenvalue weighted by Crippen LogP contribution is -2.31. The SMILES string of the molecule is COc1c(N2CC(F)C(C(O)c3ccc(F)cc3)C2)c(F)c(C2(N)CC2)c2c(=O)[nH]c(=O)[nH]c12. The number of aliphatic hydroxyl groups is 1. The first-order chi connectivity index (χ1) is 16.1. The van der Waals surface area contributed by atoms with Crippen LogP contribution in [0.25, 0.3) is 10.9 Å². The van der Waals surface area contributed by atoms with E-state index in [1.165, 1.54) is 36.3 Å². The molecule has 1 aliphatic carbocycles. The average molecular weight is 476 g/mol. The molecule has 1 saturated carbocycles. The standard InChI is InChI=1S/C23H23F3N4O4/c1-34-20-17-14(21(32)29-22(33)28-17)15(23(27)6-7-23)16(26)18(20)30-8-12(13(25)9-30)19(31)10-2-4-11(24)5-3-10/h2-5,12-13,19,31H,6-9,27H2,1H3,(H2,28,29,32,33). The van der Waals surface area contributed by atoms with Crippen molar-refractivity contribution in [3.05, 3.63) is 67.9 Å². The van der Waals surface area contributed by atoms with E-state index in [9.17, 15) is 19.1 Å². The maximum atomic E-state index is 16.1. The normalized spacial score (nSPS) is 22.2. The molecular formula is C23H23F3N4O4. The summed E-state index contributed by atoms with van der Waals surface area (Å²) in [5.74, 6) is -2.39. The van der Waals surface area contributed by atoms with Crippen LogP contribution in [0.1, 0.15) is 30.1 Å². The molecule has 2 aromatic carbocycles. The van der Waals surface area contributed by atoms with Crippen molar-refractivity contribution in [1.82, 2.24) is 9.97 Å². The smallest absolute Gasteiger partial charge is 0.326 e. The van der Waals surface area contributed by atoms with Gasteiger partial charge in [0.05, 0.1) is 18.6 Å². The number of hydrogen-bond donors (Lipinski definition) is 4. The van der Waals surface area contributed by atoms with E-state index in [4.69, 9.17) is 10.5 Å². The van der Waals surface area contributed by atoms with Crippen molar-refractivity contribution < 1.29 is 23.0 Å². The monoisotopic (exact) mass is 476 g/mol. The summed E-state index contributed by atoms with van der Waals surface area (Å²) in [4.78, 5) is 30.6. The van der Waals surface area contributed by atoms with E-state index in [1.807, 2.05) is 0 Å². The van der Waals surface area contributed by atoms with Gasteiger partial charge in [-0.3, -0.25) is 9.78 Å². The molecule has 1 aliphatic heterocycles. The Bertz CT molecular complexity index is 1380. The zero-order valence-electron chi connectivity index (χ0n) is 18.2. The Labute approximate surface area is 191 Å². The third-order valence-corrected chi connectivity index (χ3v) is 6.78. The number of aromatic amines is 2.